The highest BCUT2D eigenvalue weighted by Crippen LogP contribution is 2.26. The average Bonchev–Trinajstić information content (AvgIpc) is 2.48. The number of phenols is 2. The number of nitrogens with zero attached hydrogens (tertiary/aromatic N) is 1. The van der Waals surface area contributed by atoms with Gasteiger partial charge in [0.25, 0.3) is 5.91 Å². The summed E-state index contributed by atoms with van der Waals surface area (Å²) >= 11 is 0. The van der Waals surface area contributed by atoms with E-state index in [2.05, 4.69) is 0 Å². The molecule has 0 radical (unpaired) electrons. The lowest BCUT2D eigenvalue weighted by Gasteiger charge is -2.32. The van der Waals surface area contributed by atoms with E-state index < -0.39 is 0 Å². The first kappa shape index (κ1) is 14.6. The van der Waals surface area contributed by atoms with Crippen molar-refractivity contribution in [2.45, 2.75) is 18.9 Å². The van der Waals surface area contributed by atoms with E-state index in [1.807, 2.05) is 0 Å². The summed E-state index contributed by atoms with van der Waals surface area (Å²) in [6.07, 6.45) is 1.74. The number of hydrogen-bond donors (Lipinski definition) is 3. The van der Waals surface area contributed by atoms with Crippen LogP contribution >= 0.6 is 0 Å². The number of aromatic hydroxyl groups is 2. The molecule has 1 aromatic carbocycles. The van der Waals surface area contributed by atoms with E-state index in [9.17, 15) is 15.0 Å². The number of carbonyl (C=O) groups excluding carboxylic acids is 1. The Labute approximate surface area is 117 Å². The number of carbonyl (C=O) groups is 1. The molecule has 1 heterocycles. The fourth-order valence-corrected chi connectivity index (χ4v) is 2.30. The second kappa shape index (κ2) is 6.58. The fraction of sp³-hybridized carbons (Fsp3) is 0.500. The third-order valence-corrected chi connectivity index (χ3v) is 3.42. The van der Waals surface area contributed by atoms with Crippen molar-refractivity contribution in [2.75, 3.05) is 26.2 Å². The molecule has 4 N–H and O–H groups in total. The smallest absolute Gasteiger partial charge is 0.253 e. The molecule has 0 unspecified atom stereocenters. The van der Waals surface area contributed by atoms with Crippen molar-refractivity contribution in [3.05, 3.63) is 23.8 Å². The number of hydrogen-bond acceptors (Lipinski definition) is 5. The third kappa shape index (κ3) is 3.40. The highest BCUT2D eigenvalue weighted by molar-refractivity contribution is 5.95. The normalized spacial score (nSPS) is 16.4. The Hall–Kier alpha value is -1.79. The second-order valence-electron chi connectivity index (χ2n) is 4.85. The van der Waals surface area contributed by atoms with Gasteiger partial charge in [0, 0.05) is 25.2 Å². The van der Waals surface area contributed by atoms with E-state index in [-0.39, 0.29) is 23.5 Å². The number of phenolic OH excluding ortho intramolecular Hbond substituents is 2. The summed E-state index contributed by atoms with van der Waals surface area (Å²) in [4.78, 5) is 14.0. The van der Waals surface area contributed by atoms with Crippen molar-refractivity contribution in [3.8, 4) is 11.5 Å². The van der Waals surface area contributed by atoms with Crippen LogP contribution in [0.5, 0.6) is 11.5 Å². The van der Waals surface area contributed by atoms with E-state index in [0.29, 0.717) is 31.8 Å². The number of likely N-dealkylation sites (tertiary alicyclic amines) is 1. The van der Waals surface area contributed by atoms with Gasteiger partial charge in [-0.1, -0.05) is 0 Å². The Morgan fingerprint density at radius 2 is 2.00 bits per heavy atom. The molecule has 20 heavy (non-hydrogen) atoms. The van der Waals surface area contributed by atoms with Gasteiger partial charge < -0.3 is 25.6 Å². The van der Waals surface area contributed by atoms with Crippen LogP contribution in [0.3, 0.4) is 0 Å². The van der Waals surface area contributed by atoms with E-state index >= 15 is 0 Å². The van der Waals surface area contributed by atoms with Crippen LogP contribution in [0.2, 0.25) is 0 Å². The van der Waals surface area contributed by atoms with Crippen LogP contribution in [-0.4, -0.2) is 53.4 Å². The lowest BCUT2D eigenvalue weighted by atomic mass is 10.1. The molecular formula is C14H20N2O4. The first-order valence-electron chi connectivity index (χ1n) is 6.74. The maximum atomic E-state index is 12.3. The summed E-state index contributed by atoms with van der Waals surface area (Å²) < 4.78 is 5.56. The van der Waals surface area contributed by atoms with Gasteiger partial charge in [0.2, 0.25) is 0 Å². The number of amides is 1. The summed E-state index contributed by atoms with van der Waals surface area (Å²) in [7, 11) is 0. The first-order valence-corrected chi connectivity index (χ1v) is 6.74. The van der Waals surface area contributed by atoms with Gasteiger partial charge in [-0.05, 0) is 31.0 Å². The molecule has 110 valence electrons. The minimum absolute atomic E-state index is 0.141. The molecule has 1 aliphatic rings. The SMILES string of the molecule is NCCOC1CCN(C(=O)c2ccc(O)c(O)c2)CC1. The molecule has 2 rings (SSSR count). The lowest BCUT2D eigenvalue weighted by molar-refractivity contribution is 0.0121. The molecule has 1 aliphatic heterocycles. The maximum absolute atomic E-state index is 12.3. The minimum atomic E-state index is -0.281. The standard InChI is InChI=1S/C14H20N2O4/c15-5-8-20-11-3-6-16(7-4-11)14(19)10-1-2-12(17)13(18)9-10/h1-2,9,11,17-18H,3-8,15H2. The summed E-state index contributed by atoms with van der Waals surface area (Å²) in [5.41, 5.74) is 5.77. The Balaban J connectivity index is 1.92. The molecule has 0 aromatic heterocycles. The van der Waals surface area contributed by atoms with Crippen LogP contribution in [0, 0.1) is 0 Å². The fourth-order valence-electron chi connectivity index (χ4n) is 2.30. The Bertz CT molecular complexity index is 470. The van der Waals surface area contributed by atoms with Crippen LogP contribution in [-0.2, 0) is 4.74 Å². The summed E-state index contributed by atoms with van der Waals surface area (Å²) in [6, 6.07) is 4.11. The van der Waals surface area contributed by atoms with Crippen molar-refractivity contribution in [3.63, 3.8) is 0 Å². The van der Waals surface area contributed by atoms with Crippen LogP contribution in [0.25, 0.3) is 0 Å². The van der Waals surface area contributed by atoms with Crippen molar-refractivity contribution < 1.29 is 19.7 Å². The zero-order valence-electron chi connectivity index (χ0n) is 11.3. The second-order valence-corrected chi connectivity index (χ2v) is 4.85. The van der Waals surface area contributed by atoms with Gasteiger partial charge in [-0.3, -0.25) is 4.79 Å². The van der Waals surface area contributed by atoms with Gasteiger partial charge in [0.15, 0.2) is 11.5 Å². The molecule has 1 saturated heterocycles. The number of benzene rings is 1. The van der Waals surface area contributed by atoms with Gasteiger partial charge in [-0.25, -0.2) is 0 Å². The number of ether oxygens (including phenoxy) is 1. The number of piperidine rings is 1. The monoisotopic (exact) mass is 280 g/mol. The quantitative estimate of drug-likeness (QED) is 0.705. The van der Waals surface area contributed by atoms with Crippen molar-refractivity contribution in [1.82, 2.24) is 4.90 Å². The Morgan fingerprint density at radius 1 is 1.30 bits per heavy atom. The molecule has 0 bridgehead atoms. The number of nitrogens with two attached hydrogens (primary N) is 1. The Kier molecular flexibility index (Phi) is 4.81. The summed E-state index contributed by atoms with van der Waals surface area (Å²) in [5, 5.41) is 18.7. The van der Waals surface area contributed by atoms with Gasteiger partial charge in [0.1, 0.15) is 0 Å². The van der Waals surface area contributed by atoms with Gasteiger partial charge >= 0.3 is 0 Å². The molecule has 6 heteroatoms. The molecule has 1 fully saturated rings. The topological polar surface area (TPSA) is 96.0 Å². The van der Waals surface area contributed by atoms with Gasteiger partial charge in [-0.2, -0.15) is 0 Å². The minimum Gasteiger partial charge on any atom is -0.504 e. The van der Waals surface area contributed by atoms with E-state index in [1.54, 1.807) is 4.90 Å². The van der Waals surface area contributed by atoms with Crippen LogP contribution < -0.4 is 5.73 Å². The van der Waals surface area contributed by atoms with Crippen molar-refractivity contribution in [1.29, 1.82) is 0 Å². The first-order chi connectivity index (χ1) is 9.61. The highest BCUT2D eigenvalue weighted by atomic mass is 16.5. The molecule has 1 amide bonds. The van der Waals surface area contributed by atoms with E-state index in [0.717, 1.165) is 12.8 Å². The summed E-state index contributed by atoms with van der Waals surface area (Å²) in [6.45, 7) is 2.29. The molecule has 0 atom stereocenters. The van der Waals surface area contributed by atoms with Gasteiger partial charge in [-0.15, -0.1) is 0 Å². The third-order valence-electron chi connectivity index (χ3n) is 3.42. The zero-order valence-corrected chi connectivity index (χ0v) is 11.3. The molecule has 0 spiro atoms. The molecule has 1 aromatic rings. The molecule has 0 aliphatic carbocycles. The largest absolute Gasteiger partial charge is 0.504 e. The average molecular weight is 280 g/mol. The predicted molar refractivity (Wildman–Crippen MR) is 73.7 cm³/mol. The van der Waals surface area contributed by atoms with E-state index in [1.165, 1.54) is 18.2 Å². The highest BCUT2D eigenvalue weighted by Gasteiger charge is 2.24. The Morgan fingerprint density at radius 3 is 2.60 bits per heavy atom. The van der Waals surface area contributed by atoms with Crippen LogP contribution in [0.1, 0.15) is 23.2 Å². The lowest BCUT2D eigenvalue weighted by Crippen LogP contribution is -2.41. The summed E-state index contributed by atoms with van der Waals surface area (Å²) in [5.74, 6) is -0.648. The van der Waals surface area contributed by atoms with Gasteiger partial charge in [0.05, 0.1) is 12.7 Å². The zero-order chi connectivity index (χ0) is 14.5. The predicted octanol–water partition coefficient (Wildman–Crippen LogP) is 0.678. The van der Waals surface area contributed by atoms with Crippen molar-refractivity contribution in [2.24, 2.45) is 5.73 Å². The van der Waals surface area contributed by atoms with Crippen LogP contribution in [0.4, 0.5) is 0 Å². The van der Waals surface area contributed by atoms with E-state index in [4.69, 9.17) is 10.5 Å². The maximum Gasteiger partial charge on any atom is 0.253 e. The number of rotatable bonds is 4. The van der Waals surface area contributed by atoms with Crippen LogP contribution in [0.15, 0.2) is 18.2 Å². The van der Waals surface area contributed by atoms with Crippen molar-refractivity contribution >= 4 is 5.91 Å². The molecule has 6 nitrogen and oxygen atoms in total. The molecular weight excluding hydrogens is 260 g/mol. The molecule has 0 saturated carbocycles.